The van der Waals surface area contributed by atoms with Gasteiger partial charge in [0, 0.05) is 33.1 Å². The fourth-order valence-electron chi connectivity index (χ4n) is 14.0. The maximum absolute atomic E-state index is 12.6. The molecule has 2 saturated heterocycles. The van der Waals surface area contributed by atoms with E-state index in [1.807, 2.05) is 27.7 Å². The number of amides is 4. The van der Waals surface area contributed by atoms with Crippen LogP contribution < -0.4 is 10.6 Å². The Balaban J connectivity index is 0.000000364. The maximum atomic E-state index is 12.6. The Morgan fingerprint density at radius 2 is 1.23 bits per heavy atom. The van der Waals surface area contributed by atoms with E-state index < -0.39 is 0 Å². The molecule has 17 heteroatoms. The first-order chi connectivity index (χ1) is 35.8. The van der Waals surface area contributed by atoms with Crippen molar-refractivity contribution in [3.05, 3.63) is 11.6 Å². The van der Waals surface area contributed by atoms with E-state index in [0.29, 0.717) is 77.5 Å². The summed E-state index contributed by atoms with van der Waals surface area (Å²) in [6.45, 7) is 25.5. The summed E-state index contributed by atoms with van der Waals surface area (Å²) in [5.41, 5.74) is 2.40. The second-order valence-corrected chi connectivity index (χ2v) is 24.1. The van der Waals surface area contributed by atoms with Gasteiger partial charge in [0.2, 0.25) is 23.6 Å². The first-order valence-corrected chi connectivity index (χ1v) is 29.1. The second-order valence-electron chi connectivity index (χ2n) is 24.1. The molecule has 17 nitrogen and oxygen atoms in total. The van der Waals surface area contributed by atoms with E-state index in [9.17, 15) is 29.4 Å². The van der Waals surface area contributed by atoms with Crippen molar-refractivity contribution in [2.45, 2.75) is 189 Å². The number of carbonyl (C=O) groups excluding carboxylic acids is 4. The lowest BCUT2D eigenvalue weighted by Gasteiger charge is -2.59. The van der Waals surface area contributed by atoms with Crippen molar-refractivity contribution in [2.75, 3.05) is 98.9 Å². The van der Waals surface area contributed by atoms with Gasteiger partial charge in [-0.05, 0) is 138 Å². The second kappa shape index (κ2) is 31.2. The molecule has 75 heavy (non-hydrogen) atoms. The van der Waals surface area contributed by atoms with Crippen molar-refractivity contribution in [1.29, 1.82) is 0 Å². The summed E-state index contributed by atoms with van der Waals surface area (Å²) >= 11 is 0. The summed E-state index contributed by atoms with van der Waals surface area (Å²) in [7, 11) is 0. The van der Waals surface area contributed by atoms with Gasteiger partial charge in [-0.1, -0.05) is 59.1 Å². The van der Waals surface area contributed by atoms with Crippen LogP contribution in [0.1, 0.15) is 146 Å². The fourth-order valence-corrected chi connectivity index (χ4v) is 14.0. The molecule has 2 heterocycles. The molecule has 0 aromatic heterocycles. The number of fused-ring (bicyclic) bond motifs is 5. The lowest BCUT2D eigenvalue weighted by atomic mass is 9.46. The van der Waals surface area contributed by atoms with Crippen LogP contribution in [0.4, 0.5) is 0 Å². The van der Waals surface area contributed by atoms with E-state index >= 15 is 0 Å². The number of carbonyl (C=O) groups is 4. The highest BCUT2D eigenvalue weighted by Gasteiger charge is 2.59. The van der Waals surface area contributed by atoms with Gasteiger partial charge >= 0.3 is 0 Å². The van der Waals surface area contributed by atoms with Gasteiger partial charge in [-0.3, -0.25) is 19.2 Å². The van der Waals surface area contributed by atoms with Gasteiger partial charge in [0.15, 0.2) is 0 Å². The molecule has 1 unspecified atom stereocenters. The molecule has 6 rings (SSSR count). The summed E-state index contributed by atoms with van der Waals surface area (Å²) in [6.07, 6.45) is 16.8. The summed E-state index contributed by atoms with van der Waals surface area (Å²) < 4.78 is 39.4. The van der Waals surface area contributed by atoms with E-state index in [-0.39, 0.29) is 111 Å². The molecule has 0 aromatic rings. The number of likely N-dealkylation sites (tertiary alicyclic amines) is 2. The zero-order valence-electron chi connectivity index (χ0n) is 48.0. The predicted octanol–water partition coefficient (Wildman–Crippen LogP) is 6.10. The molecule has 0 bridgehead atoms. The average Bonchev–Trinajstić information content (AvgIpc) is 4.08. The highest BCUT2D eigenvalue weighted by Crippen LogP contribution is 2.68. The van der Waals surface area contributed by atoms with Gasteiger partial charge in [0.25, 0.3) is 0 Å². The van der Waals surface area contributed by atoms with Crippen molar-refractivity contribution < 1.29 is 62.5 Å². The number of hydrogen-bond acceptors (Lipinski definition) is 13. The Labute approximate surface area is 450 Å². The smallest absolute Gasteiger partial charge is 0.248 e. The van der Waals surface area contributed by atoms with Crippen LogP contribution in [-0.4, -0.2) is 185 Å². The van der Waals surface area contributed by atoms with Crippen molar-refractivity contribution in [3.63, 3.8) is 0 Å². The number of nitrogens with zero attached hydrogens (tertiary/aromatic N) is 2. The first kappa shape index (κ1) is 63.1. The molecule has 4 N–H and O–H groups in total. The minimum Gasteiger partial charge on any atom is -0.394 e. The fraction of sp³-hybridized carbons (Fsp3) is 0.897. The van der Waals surface area contributed by atoms with Gasteiger partial charge in [0.1, 0.15) is 19.8 Å². The summed E-state index contributed by atoms with van der Waals surface area (Å²) in [5, 5.41) is 24.6. The molecular formula is C58H102N4O13. The Morgan fingerprint density at radius 1 is 0.667 bits per heavy atom. The van der Waals surface area contributed by atoms with Crippen LogP contribution in [-0.2, 0) is 52.3 Å². The van der Waals surface area contributed by atoms with Gasteiger partial charge in [0.05, 0.1) is 95.5 Å². The zero-order valence-corrected chi connectivity index (χ0v) is 48.0. The lowest BCUT2D eigenvalue weighted by Crippen LogP contribution is -2.51. The minimum atomic E-state index is -0.231. The van der Waals surface area contributed by atoms with Crippen molar-refractivity contribution >= 4 is 23.6 Å². The normalized spacial score (nSPS) is 30.7. The number of rotatable bonds is 29. The summed E-state index contributed by atoms with van der Waals surface area (Å²) in [4.78, 5) is 51.3. The van der Waals surface area contributed by atoms with Gasteiger partial charge < -0.3 is 63.8 Å². The van der Waals surface area contributed by atoms with Crippen LogP contribution in [0.5, 0.6) is 0 Å². The molecule has 0 aromatic carbocycles. The van der Waals surface area contributed by atoms with Crippen LogP contribution in [0.15, 0.2) is 11.6 Å². The van der Waals surface area contributed by atoms with Gasteiger partial charge in [-0.2, -0.15) is 0 Å². The molecule has 6 aliphatic rings. The number of nitrogens with one attached hydrogen (secondary N) is 2. The monoisotopic (exact) mass is 1060 g/mol. The van der Waals surface area contributed by atoms with Crippen LogP contribution in [0.2, 0.25) is 0 Å². The van der Waals surface area contributed by atoms with Crippen molar-refractivity contribution in [2.24, 2.45) is 46.3 Å². The third-order valence-electron chi connectivity index (χ3n) is 17.6. The molecule has 5 fully saturated rings. The molecule has 3 saturated carbocycles. The van der Waals surface area contributed by atoms with Crippen LogP contribution in [0, 0.1) is 46.3 Å². The van der Waals surface area contributed by atoms with E-state index in [1.54, 1.807) is 15.4 Å². The predicted molar refractivity (Wildman–Crippen MR) is 288 cm³/mol. The number of hydrogen-bond donors (Lipinski definition) is 4. The molecule has 432 valence electrons. The zero-order chi connectivity index (χ0) is 54.7. The number of ether oxygens (including phenoxy) is 7. The first-order valence-electron chi connectivity index (χ1n) is 29.1. The molecule has 4 aliphatic carbocycles. The SMILES string of the molecule is CC(=O)NCCOCCOCC(=O)N1C[C@H](OC(C)C)C[C@H]1CO.CC(C)CC[C@H](C)[C@@H]1CC[C@@H]2C3CCC4=C[C@H](OCC(=O)NCCOCCOCC(=O)N5C[C@H](OC(C)C)C[C@H]5CO)CC[C@@]4(C)[C@@H]3CC[C@]21C. The average molecular weight is 1060 g/mol. The van der Waals surface area contributed by atoms with Gasteiger partial charge in [-0.25, -0.2) is 0 Å². The van der Waals surface area contributed by atoms with E-state index in [2.05, 4.69) is 51.3 Å². The van der Waals surface area contributed by atoms with Gasteiger partial charge in [-0.15, -0.1) is 0 Å². The van der Waals surface area contributed by atoms with Crippen molar-refractivity contribution in [1.82, 2.24) is 20.4 Å². The number of aliphatic hydroxyl groups excluding tert-OH is 2. The largest absolute Gasteiger partial charge is 0.394 e. The lowest BCUT2D eigenvalue weighted by molar-refractivity contribution is -0.139. The number of allylic oxidation sites excluding steroid dienone is 1. The molecular weight excluding hydrogens is 961 g/mol. The van der Waals surface area contributed by atoms with Crippen LogP contribution >= 0.6 is 0 Å². The minimum absolute atomic E-state index is 0.0137. The molecule has 0 radical (unpaired) electrons. The third-order valence-corrected chi connectivity index (χ3v) is 17.6. The third kappa shape index (κ3) is 18.7. The Morgan fingerprint density at radius 3 is 1.76 bits per heavy atom. The maximum Gasteiger partial charge on any atom is 0.248 e. The number of aliphatic hydroxyl groups is 2. The molecule has 4 amide bonds. The standard InChI is InChI=1S/C42H72N2O7.C16H30N2O6/c1-28(2)8-9-30(5)36-12-13-37-35-11-10-31-22-33(14-16-41(31,6)38(35)15-17-42(36,37)7)50-26-39(46)43-18-19-48-20-21-49-27-40(47)44-24-34(51-29(3)4)23-32(44)25-45;1-12(2)24-15-8-14(10-19)18(9-15)16(21)11-23-7-6-22-5-4-17-13(3)20/h22,28-30,32-38,45H,8-21,23-27H2,1-7H3,(H,43,46);12,14-15,19H,4-11H2,1-3H3,(H,17,20)/t30-,32-,33+,34+,35?,36-,37+,38+,41+,42-;14-,15+/m00/s1. The van der Waals surface area contributed by atoms with Crippen LogP contribution in [0.25, 0.3) is 0 Å². The Hall–Kier alpha value is -2.74. The topological polar surface area (TPSA) is 204 Å². The van der Waals surface area contributed by atoms with Crippen molar-refractivity contribution in [3.8, 4) is 0 Å². The quantitative estimate of drug-likeness (QED) is 0.0495. The Kier molecular flexibility index (Phi) is 26.2. The van der Waals surface area contributed by atoms with E-state index in [1.165, 1.54) is 64.7 Å². The van der Waals surface area contributed by atoms with Crippen LogP contribution in [0.3, 0.4) is 0 Å². The van der Waals surface area contributed by atoms with E-state index in [4.69, 9.17) is 33.2 Å². The Bertz CT molecular complexity index is 1780. The highest BCUT2D eigenvalue weighted by molar-refractivity contribution is 5.79. The molecule has 12 atom stereocenters. The molecule has 2 aliphatic heterocycles. The highest BCUT2D eigenvalue weighted by atomic mass is 16.5. The molecule has 0 spiro atoms. The summed E-state index contributed by atoms with van der Waals surface area (Å²) in [6, 6.07) is -0.440. The van der Waals surface area contributed by atoms with E-state index in [0.717, 1.165) is 41.9 Å². The summed E-state index contributed by atoms with van der Waals surface area (Å²) in [5.74, 6) is 4.56.